The van der Waals surface area contributed by atoms with E-state index >= 15 is 0 Å². The molecule has 0 aromatic heterocycles. The Morgan fingerprint density at radius 3 is 2.53 bits per heavy atom. The second-order valence-corrected chi connectivity index (χ2v) is 6.21. The van der Waals surface area contributed by atoms with Gasteiger partial charge < -0.3 is 10.6 Å². The van der Waals surface area contributed by atoms with Crippen LogP contribution in [0.15, 0.2) is 0 Å². The normalized spacial score (nSPS) is 32.0. The summed E-state index contributed by atoms with van der Waals surface area (Å²) >= 11 is 0. The number of piperidine rings is 1. The highest BCUT2D eigenvalue weighted by molar-refractivity contribution is 4.87. The van der Waals surface area contributed by atoms with E-state index in [1.165, 1.54) is 51.7 Å². The molecule has 1 saturated heterocycles. The molecule has 2 nitrogen and oxygen atoms in total. The number of rotatable bonds is 3. The van der Waals surface area contributed by atoms with E-state index in [9.17, 15) is 0 Å². The van der Waals surface area contributed by atoms with Gasteiger partial charge >= 0.3 is 0 Å². The Morgan fingerprint density at radius 1 is 1.20 bits per heavy atom. The minimum absolute atomic E-state index is 0.589. The zero-order chi connectivity index (χ0) is 10.7. The highest BCUT2D eigenvalue weighted by Gasteiger charge is 2.30. The first kappa shape index (κ1) is 11.4. The Bertz CT molecular complexity index is 195. The third-order valence-corrected chi connectivity index (χ3v) is 4.12. The van der Waals surface area contributed by atoms with Gasteiger partial charge in [0.15, 0.2) is 0 Å². The molecule has 2 rings (SSSR count). The molecular formula is C13H26N2. The first-order chi connectivity index (χ1) is 7.16. The second kappa shape index (κ2) is 4.84. The Hall–Kier alpha value is -0.0800. The summed E-state index contributed by atoms with van der Waals surface area (Å²) in [6, 6.07) is 0.801. The van der Waals surface area contributed by atoms with Crippen LogP contribution in [0.25, 0.3) is 0 Å². The standard InChI is InChI=1S/C13H26N2/c1-13(2)6-3-12(9-13)15-10-11-4-7-14-8-5-11/h11-12,14-15H,3-10H2,1-2H3. The summed E-state index contributed by atoms with van der Waals surface area (Å²) in [5, 5.41) is 7.21. The Morgan fingerprint density at radius 2 is 1.93 bits per heavy atom. The van der Waals surface area contributed by atoms with Gasteiger partial charge in [0.25, 0.3) is 0 Å². The van der Waals surface area contributed by atoms with E-state index in [4.69, 9.17) is 0 Å². The lowest BCUT2D eigenvalue weighted by Gasteiger charge is -2.25. The van der Waals surface area contributed by atoms with Crippen molar-refractivity contribution in [3.63, 3.8) is 0 Å². The SMILES string of the molecule is CC1(C)CCC(NCC2CCNCC2)C1. The van der Waals surface area contributed by atoms with Crippen LogP contribution in [0.4, 0.5) is 0 Å². The van der Waals surface area contributed by atoms with Crippen LogP contribution in [0.3, 0.4) is 0 Å². The van der Waals surface area contributed by atoms with Crippen LogP contribution >= 0.6 is 0 Å². The lowest BCUT2D eigenvalue weighted by atomic mass is 9.91. The van der Waals surface area contributed by atoms with Gasteiger partial charge in [0.05, 0.1) is 0 Å². The van der Waals surface area contributed by atoms with Gasteiger partial charge in [-0.25, -0.2) is 0 Å². The van der Waals surface area contributed by atoms with Crippen LogP contribution in [0, 0.1) is 11.3 Å². The largest absolute Gasteiger partial charge is 0.317 e. The molecule has 0 aromatic rings. The first-order valence-corrected chi connectivity index (χ1v) is 6.60. The maximum absolute atomic E-state index is 3.78. The average molecular weight is 210 g/mol. The lowest BCUT2D eigenvalue weighted by Crippen LogP contribution is -2.37. The third kappa shape index (κ3) is 3.46. The predicted octanol–water partition coefficient (Wildman–Crippen LogP) is 2.15. The smallest absolute Gasteiger partial charge is 0.00724 e. The Kier molecular flexibility index (Phi) is 3.68. The van der Waals surface area contributed by atoms with Gasteiger partial charge in [-0.1, -0.05) is 13.8 Å². The molecule has 88 valence electrons. The maximum atomic E-state index is 3.78. The molecule has 2 N–H and O–H groups in total. The van der Waals surface area contributed by atoms with Crippen molar-refractivity contribution < 1.29 is 0 Å². The molecule has 0 aromatic carbocycles. The minimum atomic E-state index is 0.589. The van der Waals surface area contributed by atoms with E-state index in [0.717, 1.165) is 12.0 Å². The predicted molar refractivity (Wildman–Crippen MR) is 65.0 cm³/mol. The molecule has 1 heterocycles. The summed E-state index contributed by atoms with van der Waals surface area (Å²) in [6.45, 7) is 8.51. The number of nitrogens with one attached hydrogen (secondary N) is 2. The van der Waals surface area contributed by atoms with Crippen LogP contribution in [0.1, 0.15) is 46.0 Å². The summed E-state index contributed by atoms with van der Waals surface area (Å²) in [5.74, 6) is 0.926. The van der Waals surface area contributed by atoms with Crippen molar-refractivity contribution in [2.45, 2.75) is 52.0 Å². The van der Waals surface area contributed by atoms with E-state index in [2.05, 4.69) is 24.5 Å². The molecule has 2 aliphatic rings. The molecule has 0 radical (unpaired) electrons. The van der Waals surface area contributed by atoms with Crippen LogP contribution in [-0.4, -0.2) is 25.7 Å². The molecule has 0 spiro atoms. The lowest BCUT2D eigenvalue weighted by molar-refractivity contribution is 0.324. The number of hydrogen-bond acceptors (Lipinski definition) is 2. The average Bonchev–Trinajstić information content (AvgIpc) is 2.57. The second-order valence-electron chi connectivity index (χ2n) is 6.21. The third-order valence-electron chi connectivity index (χ3n) is 4.12. The molecule has 1 atom stereocenters. The Balaban J connectivity index is 1.65. The van der Waals surface area contributed by atoms with Crippen molar-refractivity contribution >= 4 is 0 Å². The highest BCUT2D eigenvalue weighted by Crippen LogP contribution is 2.36. The van der Waals surface area contributed by atoms with Crippen molar-refractivity contribution in [3.05, 3.63) is 0 Å². The maximum Gasteiger partial charge on any atom is 0.00724 e. The molecule has 1 aliphatic heterocycles. The van der Waals surface area contributed by atoms with Gasteiger partial charge in [-0.15, -0.1) is 0 Å². The van der Waals surface area contributed by atoms with Gasteiger partial charge in [0.1, 0.15) is 0 Å². The zero-order valence-corrected chi connectivity index (χ0v) is 10.3. The van der Waals surface area contributed by atoms with Crippen LogP contribution in [0.2, 0.25) is 0 Å². The van der Waals surface area contributed by atoms with Gasteiger partial charge in [0, 0.05) is 6.04 Å². The minimum Gasteiger partial charge on any atom is -0.317 e. The van der Waals surface area contributed by atoms with Crippen molar-refractivity contribution in [3.8, 4) is 0 Å². The molecule has 0 bridgehead atoms. The van der Waals surface area contributed by atoms with E-state index in [1.54, 1.807) is 0 Å². The van der Waals surface area contributed by atoms with Crippen LogP contribution in [-0.2, 0) is 0 Å². The molecule has 1 aliphatic carbocycles. The topological polar surface area (TPSA) is 24.1 Å². The van der Waals surface area contributed by atoms with Crippen LogP contribution in [0.5, 0.6) is 0 Å². The fourth-order valence-electron chi connectivity index (χ4n) is 3.03. The van der Waals surface area contributed by atoms with Crippen molar-refractivity contribution in [1.82, 2.24) is 10.6 Å². The fourth-order valence-corrected chi connectivity index (χ4v) is 3.03. The highest BCUT2D eigenvalue weighted by atomic mass is 14.9. The molecule has 1 unspecified atom stereocenters. The van der Waals surface area contributed by atoms with Crippen LogP contribution < -0.4 is 10.6 Å². The van der Waals surface area contributed by atoms with Crippen molar-refractivity contribution in [2.75, 3.05) is 19.6 Å². The van der Waals surface area contributed by atoms with Crippen molar-refractivity contribution in [2.24, 2.45) is 11.3 Å². The van der Waals surface area contributed by atoms with Gasteiger partial charge in [-0.2, -0.15) is 0 Å². The summed E-state index contributed by atoms with van der Waals surface area (Å²) in [7, 11) is 0. The van der Waals surface area contributed by atoms with Gasteiger partial charge in [-0.05, 0) is 63.1 Å². The molecule has 15 heavy (non-hydrogen) atoms. The van der Waals surface area contributed by atoms with Gasteiger partial charge in [-0.3, -0.25) is 0 Å². The van der Waals surface area contributed by atoms with Gasteiger partial charge in [0.2, 0.25) is 0 Å². The van der Waals surface area contributed by atoms with E-state index < -0.39 is 0 Å². The monoisotopic (exact) mass is 210 g/mol. The summed E-state index contributed by atoms with van der Waals surface area (Å²) < 4.78 is 0. The summed E-state index contributed by atoms with van der Waals surface area (Å²) in [5.41, 5.74) is 0.589. The summed E-state index contributed by atoms with van der Waals surface area (Å²) in [6.07, 6.45) is 6.89. The Labute approximate surface area is 94.2 Å². The molecular weight excluding hydrogens is 184 g/mol. The zero-order valence-electron chi connectivity index (χ0n) is 10.3. The molecule has 2 fully saturated rings. The van der Waals surface area contributed by atoms with E-state index in [-0.39, 0.29) is 0 Å². The van der Waals surface area contributed by atoms with E-state index in [0.29, 0.717) is 5.41 Å². The van der Waals surface area contributed by atoms with Crippen molar-refractivity contribution in [1.29, 1.82) is 0 Å². The first-order valence-electron chi connectivity index (χ1n) is 6.60. The summed E-state index contributed by atoms with van der Waals surface area (Å²) in [4.78, 5) is 0. The molecule has 1 saturated carbocycles. The molecule has 0 amide bonds. The fraction of sp³-hybridized carbons (Fsp3) is 1.00. The number of hydrogen-bond donors (Lipinski definition) is 2. The molecule has 2 heteroatoms. The quantitative estimate of drug-likeness (QED) is 0.746. The van der Waals surface area contributed by atoms with E-state index in [1.807, 2.05) is 0 Å².